The lowest BCUT2D eigenvalue weighted by molar-refractivity contribution is -0.127. The number of hydrogen-bond acceptors (Lipinski definition) is 3. The van der Waals surface area contributed by atoms with Gasteiger partial charge in [0.25, 0.3) is 0 Å². The lowest BCUT2D eigenvalue weighted by Crippen LogP contribution is -2.44. The Bertz CT molecular complexity index is 440. The maximum absolute atomic E-state index is 12.6. The summed E-state index contributed by atoms with van der Waals surface area (Å²) in [5.74, 6) is 0.471. The van der Waals surface area contributed by atoms with E-state index < -0.39 is 0 Å². The highest BCUT2D eigenvalue weighted by molar-refractivity contribution is 6.30. The lowest BCUT2D eigenvalue weighted by Gasteiger charge is -2.28. The molecule has 1 saturated heterocycles. The minimum atomic E-state index is -0.0267. The first kappa shape index (κ1) is 15.5. The lowest BCUT2D eigenvalue weighted by atomic mass is 9.92. The topological polar surface area (TPSA) is 32.3 Å². The van der Waals surface area contributed by atoms with E-state index in [0.717, 1.165) is 37.6 Å². The number of carbonyl (C=O) groups excluding carboxylic acids is 1. The first-order valence-corrected chi connectivity index (χ1v) is 7.72. The van der Waals surface area contributed by atoms with Crippen molar-refractivity contribution in [2.24, 2.45) is 5.92 Å². The van der Waals surface area contributed by atoms with Crippen LogP contribution >= 0.6 is 11.6 Å². The molecule has 0 bridgehead atoms. The second-order valence-corrected chi connectivity index (χ2v) is 5.96. The molecule has 1 aromatic carbocycles. The normalized spacial score (nSPS) is 18.9. The average molecular weight is 295 g/mol. The summed E-state index contributed by atoms with van der Waals surface area (Å²) in [6.45, 7) is 6.82. The van der Waals surface area contributed by atoms with Crippen LogP contribution in [0.1, 0.15) is 25.8 Å². The van der Waals surface area contributed by atoms with E-state index in [2.05, 4.69) is 17.1 Å². The van der Waals surface area contributed by atoms with Crippen molar-refractivity contribution < 1.29 is 4.79 Å². The summed E-state index contributed by atoms with van der Waals surface area (Å²) in [6, 6.07) is 7.79. The minimum absolute atomic E-state index is 0.0267. The molecule has 0 radical (unpaired) electrons. The van der Waals surface area contributed by atoms with Crippen LogP contribution in [0.25, 0.3) is 0 Å². The van der Waals surface area contributed by atoms with Gasteiger partial charge in [-0.2, -0.15) is 0 Å². The van der Waals surface area contributed by atoms with Gasteiger partial charge in [-0.1, -0.05) is 37.6 Å². The van der Waals surface area contributed by atoms with E-state index in [9.17, 15) is 4.79 Å². The van der Waals surface area contributed by atoms with Crippen LogP contribution < -0.4 is 5.32 Å². The van der Waals surface area contributed by atoms with Crippen LogP contribution in [-0.2, 0) is 11.2 Å². The molecule has 1 heterocycles. The van der Waals surface area contributed by atoms with Gasteiger partial charge in [0.05, 0.1) is 6.04 Å². The molecule has 1 aromatic rings. The molecule has 0 aromatic heterocycles. The van der Waals surface area contributed by atoms with Gasteiger partial charge in [0.1, 0.15) is 0 Å². The minimum Gasteiger partial charge on any atom is -0.303 e. The van der Waals surface area contributed by atoms with Gasteiger partial charge in [0.2, 0.25) is 0 Å². The van der Waals surface area contributed by atoms with Gasteiger partial charge in [-0.05, 0) is 30.5 Å². The first-order valence-electron chi connectivity index (χ1n) is 7.34. The van der Waals surface area contributed by atoms with Crippen molar-refractivity contribution in [1.82, 2.24) is 10.2 Å². The summed E-state index contributed by atoms with van der Waals surface area (Å²) < 4.78 is 0. The highest BCUT2D eigenvalue weighted by Crippen LogP contribution is 2.18. The standard InChI is InChI=1S/C16H23ClN2O/c1-3-12(2)16(20)15(19-9-8-18-11-19)10-13-4-6-14(17)7-5-13/h4-7,12,15,18H,3,8-11H2,1-2H3. The van der Waals surface area contributed by atoms with Gasteiger partial charge < -0.3 is 5.32 Å². The Labute approximate surface area is 126 Å². The van der Waals surface area contributed by atoms with Gasteiger partial charge in [-0.3, -0.25) is 9.69 Å². The molecule has 1 fully saturated rings. The van der Waals surface area contributed by atoms with Crippen molar-refractivity contribution in [3.05, 3.63) is 34.9 Å². The van der Waals surface area contributed by atoms with Crippen molar-refractivity contribution in [3.8, 4) is 0 Å². The second kappa shape index (κ2) is 7.21. The maximum Gasteiger partial charge on any atom is 0.153 e. The number of Topliss-reactive ketones (excluding diaryl/α,β-unsaturated/α-hetero) is 1. The smallest absolute Gasteiger partial charge is 0.153 e. The average Bonchev–Trinajstić information content (AvgIpc) is 2.99. The van der Waals surface area contributed by atoms with Crippen molar-refractivity contribution in [2.45, 2.75) is 32.7 Å². The third kappa shape index (κ3) is 3.81. The SMILES string of the molecule is CCC(C)C(=O)C(Cc1ccc(Cl)cc1)N1CCNC1. The molecule has 0 aliphatic carbocycles. The van der Waals surface area contributed by atoms with Crippen LogP contribution in [0.2, 0.25) is 5.02 Å². The first-order chi connectivity index (χ1) is 9.61. The summed E-state index contributed by atoms with van der Waals surface area (Å²) in [7, 11) is 0. The number of ketones is 1. The predicted molar refractivity (Wildman–Crippen MR) is 83.0 cm³/mol. The highest BCUT2D eigenvalue weighted by atomic mass is 35.5. The molecule has 20 heavy (non-hydrogen) atoms. The Hall–Kier alpha value is -0.900. The molecular formula is C16H23ClN2O. The monoisotopic (exact) mass is 294 g/mol. The molecule has 4 heteroatoms. The van der Waals surface area contributed by atoms with Crippen LogP contribution in [0.4, 0.5) is 0 Å². The summed E-state index contributed by atoms with van der Waals surface area (Å²) in [5.41, 5.74) is 1.17. The number of rotatable bonds is 6. The second-order valence-electron chi connectivity index (χ2n) is 5.53. The summed E-state index contributed by atoms with van der Waals surface area (Å²) >= 11 is 5.92. The number of carbonyl (C=O) groups is 1. The fraction of sp³-hybridized carbons (Fsp3) is 0.562. The van der Waals surface area contributed by atoms with E-state index in [-0.39, 0.29) is 12.0 Å². The van der Waals surface area contributed by atoms with E-state index >= 15 is 0 Å². The van der Waals surface area contributed by atoms with Crippen LogP contribution in [0.5, 0.6) is 0 Å². The molecule has 110 valence electrons. The van der Waals surface area contributed by atoms with Gasteiger partial charge >= 0.3 is 0 Å². The fourth-order valence-electron chi connectivity index (χ4n) is 2.57. The van der Waals surface area contributed by atoms with Gasteiger partial charge in [0, 0.05) is 30.7 Å². The highest BCUT2D eigenvalue weighted by Gasteiger charge is 2.30. The van der Waals surface area contributed by atoms with E-state index in [1.165, 1.54) is 5.56 Å². The van der Waals surface area contributed by atoms with Crippen LogP contribution in [0.15, 0.2) is 24.3 Å². The Morgan fingerprint density at radius 3 is 2.65 bits per heavy atom. The zero-order valence-corrected chi connectivity index (χ0v) is 13.0. The molecule has 0 amide bonds. The molecule has 0 saturated carbocycles. The zero-order valence-electron chi connectivity index (χ0n) is 12.2. The van der Waals surface area contributed by atoms with Crippen molar-refractivity contribution in [3.63, 3.8) is 0 Å². The van der Waals surface area contributed by atoms with Crippen LogP contribution in [-0.4, -0.2) is 36.5 Å². The Kier molecular flexibility index (Phi) is 5.58. The molecular weight excluding hydrogens is 272 g/mol. The Morgan fingerprint density at radius 2 is 2.10 bits per heavy atom. The number of hydrogen-bond donors (Lipinski definition) is 1. The molecule has 1 aliphatic rings. The van der Waals surface area contributed by atoms with Crippen molar-refractivity contribution in [2.75, 3.05) is 19.8 Å². The van der Waals surface area contributed by atoms with E-state index in [0.29, 0.717) is 5.78 Å². The third-order valence-corrected chi connectivity index (χ3v) is 4.35. The summed E-state index contributed by atoms with van der Waals surface area (Å²) in [4.78, 5) is 14.9. The van der Waals surface area contributed by atoms with E-state index in [1.54, 1.807) is 0 Å². The number of nitrogens with one attached hydrogen (secondary N) is 1. The zero-order chi connectivity index (χ0) is 14.5. The third-order valence-electron chi connectivity index (χ3n) is 4.10. The molecule has 1 N–H and O–H groups in total. The summed E-state index contributed by atoms with van der Waals surface area (Å²) in [5, 5.41) is 4.05. The van der Waals surface area contributed by atoms with Gasteiger partial charge in [-0.15, -0.1) is 0 Å². The number of halogens is 1. The van der Waals surface area contributed by atoms with Crippen LogP contribution in [0.3, 0.4) is 0 Å². The van der Waals surface area contributed by atoms with Crippen molar-refractivity contribution >= 4 is 17.4 Å². The fourth-order valence-corrected chi connectivity index (χ4v) is 2.70. The van der Waals surface area contributed by atoms with Gasteiger partial charge in [-0.25, -0.2) is 0 Å². The number of nitrogens with zero attached hydrogens (tertiary/aromatic N) is 1. The molecule has 2 unspecified atom stereocenters. The molecule has 2 atom stereocenters. The Morgan fingerprint density at radius 1 is 1.40 bits per heavy atom. The quantitative estimate of drug-likeness (QED) is 0.875. The largest absolute Gasteiger partial charge is 0.303 e. The predicted octanol–water partition coefficient (Wildman–Crippen LogP) is 2.73. The van der Waals surface area contributed by atoms with E-state index in [1.807, 2.05) is 31.2 Å². The van der Waals surface area contributed by atoms with Crippen LogP contribution in [0, 0.1) is 5.92 Å². The molecule has 1 aliphatic heterocycles. The molecule has 3 nitrogen and oxygen atoms in total. The van der Waals surface area contributed by atoms with Gasteiger partial charge in [0.15, 0.2) is 5.78 Å². The maximum atomic E-state index is 12.6. The van der Waals surface area contributed by atoms with Crippen molar-refractivity contribution in [1.29, 1.82) is 0 Å². The molecule has 0 spiro atoms. The van der Waals surface area contributed by atoms with E-state index in [4.69, 9.17) is 11.6 Å². The Balaban J connectivity index is 2.13. The molecule has 2 rings (SSSR count). The number of benzene rings is 1. The summed E-state index contributed by atoms with van der Waals surface area (Å²) in [6.07, 6.45) is 1.67.